The van der Waals surface area contributed by atoms with Crippen LogP contribution in [0.4, 0.5) is 0 Å². The summed E-state index contributed by atoms with van der Waals surface area (Å²) in [6, 6.07) is 10.1. The topological polar surface area (TPSA) is 54.9 Å². The number of carbonyl (C=O) groups is 1. The maximum Gasteiger partial charge on any atom is 0.271 e. The van der Waals surface area contributed by atoms with Crippen molar-refractivity contribution in [3.63, 3.8) is 0 Å². The van der Waals surface area contributed by atoms with Crippen molar-refractivity contribution in [2.24, 2.45) is 0 Å². The Kier molecular flexibility index (Phi) is 4.72. The van der Waals surface area contributed by atoms with Crippen LogP contribution in [-0.4, -0.2) is 28.2 Å². The Bertz CT molecular complexity index is 490. The van der Waals surface area contributed by atoms with Crippen LogP contribution in [0.25, 0.3) is 0 Å². The molecule has 0 radical (unpaired) electrons. The highest BCUT2D eigenvalue weighted by atomic mass is 32.2. The Morgan fingerprint density at radius 1 is 1.22 bits per heavy atom. The van der Waals surface area contributed by atoms with Crippen molar-refractivity contribution in [1.29, 1.82) is 0 Å². The van der Waals surface area contributed by atoms with E-state index in [-0.39, 0.29) is 5.91 Å². The summed E-state index contributed by atoms with van der Waals surface area (Å²) >= 11 is 1.71. The molecule has 0 saturated carbocycles. The molecule has 1 N–H and O–H groups in total. The number of benzene rings is 1. The summed E-state index contributed by atoms with van der Waals surface area (Å²) in [4.78, 5) is 20.6. The summed E-state index contributed by atoms with van der Waals surface area (Å²) in [6.07, 6.45) is 4.51. The maximum atomic E-state index is 11.6. The average Bonchev–Trinajstić information content (AvgIpc) is 2.45. The van der Waals surface area contributed by atoms with Gasteiger partial charge < -0.3 is 5.32 Å². The first-order chi connectivity index (χ1) is 8.86. The number of aromatic nitrogens is 2. The first-order valence-electron chi connectivity index (χ1n) is 5.58. The van der Waals surface area contributed by atoms with Gasteiger partial charge in [-0.2, -0.15) is 0 Å². The van der Waals surface area contributed by atoms with E-state index in [0.29, 0.717) is 12.2 Å². The van der Waals surface area contributed by atoms with E-state index in [9.17, 15) is 4.79 Å². The second-order valence-electron chi connectivity index (χ2n) is 3.51. The van der Waals surface area contributed by atoms with E-state index >= 15 is 0 Å². The van der Waals surface area contributed by atoms with Gasteiger partial charge in [0.1, 0.15) is 5.69 Å². The van der Waals surface area contributed by atoms with Gasteiger partial charge in [0.25, 0.3) is 5.91 Å². The number of rotatable bonds is 5. The van der Waals surface area contributed by atoms with Gasteiger partial charge in [0.2, 0.25) is 0 Å². The van der Waals surface area contributed by atoms with Crippen LogP contribution in [0.15, 0.2) is 53.8 Å². The highest BCUT2D eigenvalue weighted by Gasteiger charge is 2.05. The van der Waals surface area contributed by atoms with Gasteiger partial charge in [0, 0.05) is 29.6 Å². The molecule has 92 valence electrons. The van der Waals surface area contributed by atoms with Crippen molar-refractivity contribution in [3.8, 4) is 0 Å². The zero-order valence-electron chi connectivity index (χ0n) is 9.74. The lowest BCUT2D eigenvalue weighted by molar-refractivity contribution is 0.0951. The number of thioether (sulfide) groups is 1. The third-order valence-corrected chi connectivity index (χ3v) is 3.21. The quantitative estimate of drug-likeness (QED) is 0.659. The minimum absolute atomic E-state index is 0.184. The van der Waals surface area contributed by atoms with Gasteiger partial charge in [0.05, 0.1) is 6.20 Å². The number of amides is 1. The van der Waals surface area contributed by atoms with Gasteiger partial charge in [-0.1, -0.05) is 18.2 Å². The molecule has 2 aromatic rings. The Morgan fingerprint density at radius 3 is 2.78 bits per heavy atom. The molecule has 1 aromatic carbocycles. The normalized spacial score (nSPS) is 10.0. The number of hydrogen-bond donors (Lipinski definition) is 1. The SMILES string of the molecule is O=C(NCCSc1ccccc1)c1cnccn1. The Hall–Kier alpha value is -1.88. The van der Waals surface area contributed by atoms with Gasteiger partial charge in [-0.25, -0.2) is 4.98 Å². The molecule has 1 aromatic heterocycles. The highest BCUT2D eigenvalue weighted by Crippen LogP contribution is 2.15. The lowest BCUT2D eigenvalue weighted by Crippen LogP contribution is -2.26. The minimum atomic E-state index is -0.184. The zero-order valence-corrected chi connectivity index (χ0v) is 10.6. The second kappa shape index (κ2) is 6.76. The van der Waals surface area contributed by atoms with Crippen molar-refractivity contribution in [2.45, 2.75) is 4.90 Å². The molecule has 4 nitrogen and oxygen atoms in total. The Labute approximate surface area is 110 Å². The Balaban J connectivity index is 1.72. The monoisotopic (exact) mass is 259 g/mol. The van der Waals surface area contributed by atoms with E-state index in [0.717, 1.165) is 5.75 Å². The standard InChI is InChI=1S/C13H13N3OS/c17-13(12-10-14-6-7-15-12)16-8-9-18-11-4-2-1-3-5-11/h1-7,10H,8-9H2,(H,16,17). The average molecular weight is 259 g/mol. The van der Waals surface area contributed by atoms with E-state index in [2.05, 4.69) is 27.4 Å². The molecule has 0 spiro atoms. The fourth-order valence-electron chi connectivity index (χ4n) is 1.36. The molecule has 1 heterocycles. The van der Waals surface area contributed by atoms with Crippen LogP contribution >= 0.6 is 11.8 Å². The number of nitrogens with zero attached hydrogens (tertiary/aromatic N) is 2. The largest absolute Gasteiger partial charge is 0.350 e. The molecule has 2 rings (SSSR count). The number of hydrogen-bond acceptors (Lipinski definition) is 4. The predicted octanol–water partition coefficient (Wildman–Crippen LogP) is 2.00. The van der Waals surface area contributed by atoms with Gasteiger partial charge >= 0.3 is 0 Å². The van der Waals surface area contributed by atoms with Crippen LogP contribution < -0.4 is 5.32 Å². The summed E-state index contributed by atoms with van der Waals surface area (Å²) in [5, 5.41) is 2.81. The Morgan fingerprint density at radius 2 is 2.06 bits per heavy atom. The van der Waals surface area contributed by atoms with Crippen molar-refractivity contribution in [2.75, 3.05) is 12.3 Å². The summed E-state index contributed by atoms with van der Waals surface area (Å²) in [5.41, 5.74) is 0.349. The third kappa shape index (κ3) is 3.85. The van der Waals surface area contributed by atoms with Crippen LogP contribution in [0.5, 0.6) is 0 Å². The van der Waals surface area contributed by atoms with Crippen molar-refractivity contribution in [3.05, 3.63) is 54.6 Å². The van der Waals surface area contributed by atoms with Crippen molar-refractivity contribution >= 4 is 17.7 Å². The molecule has 0 saturated heterocycles. The summed E-state index contributed by atoms with van der Waals surface area (Å²) in [7, 11) is 0. The number of nitrogens with one attached hydrogen (secondary N) is 1. The van der Waals surface area contributed by atoms with Crippen molar-refractivity contribution in [1.82, 2.24) is 15.3 Å². The molecule has 0 aliphatic heterocycles. The molecule has 0 unspecified atom stereocenters. The van der Waals surface area contributed by atoms with Gasteiger partial charge in [-0.3, -0.25) is 9.78 Å². The van der Waals surface area contributed by atoms with E-state index in [4.69, 9.17) is 0 Å². The van der Waals surface area contributed by atoms with Crippen molar-refractivity contribution < 1.29 is 4.79 Å². The predicted molar refractivity (Wildman–Crippen MR) is 71.5 cm³/mol. The summed E-state index contributed by atoms with van der Waals surface area (Å²) in [5.74, 6) is 0.646. The zero-order chi connectivity index (χ0) is 12.6. The van der Waals surface area contributed by atoms with Crippen LogP contribution in [-0.2, 0) is 0 Å². The molecule has 0 aliphatic carbocycles. The smallest absolute Gasteiger partial charge is 0.271 e. The number of carbonyl (C=O) groups excluding carboxylic acids is 1. The third-order valence-electron chi connectivity index (χ3n) is 2.20. The van der Waals surface area contributed by atoms with E-state index < -0.39 is 0 Å². The van der Waals surface area contributed by atoms with Crippen LogP contribution in [0.3, 0.4) is 0 Å². The molecule has 18 heavy (non-hydrogen) atoms. The highest BCUT2D eigenvalue weighted by molar-refractivity contribution is 7.99. The van der Waals surface area contributed by atoms with E-state index in [1.54, 1.807) is 18.0 Å². The molecule has 1 amide bonds. The fourth-order valence-corrected chi connectivity index (χ4v) is 2.15. The molecule has 0 aliphatic rings. The maximum absolute atomic E-state index is 11.6. The fraction of sp³-hybridized carbons (Fsp3) is 0.154. The molecule has 0 bridgehead atoms. The molecule has 5 heteroatoms. The lowest BCUT2D eigenvalue weighted by Gasteiger charge is -2.04. The summed E-state index contributed by atoms with van der Waals surface area (Å²) < 4.78 is 0. The van der Waals surface area contributed by atoms with Gasteiger partial charge in [-0.15, -0.1) is 11.8 Å². The molecular weight excluding hydrogens is 246 g/mol. The summed E-state index contributed by atoms with van der Waals surface area (Å²) in [6.45, 7) is 0.606. The minimum Gasteiger partial charge on any atom is -0.350 e. The first-order valence-corrected chi connectivity index (χ1v) is 6.57. The van der Waals surface area contributed by atoms with E-state index in [1.807, 2.05) is 18.2 Å². The first kappa shape index (κ1) is 12.6. The molecular formula is C13H13N3OS. The molecule has 0 atom stereocenters. The lowest BCUT2D eigenvalue weighted by atomic mass is 10.4. The van der Waals surface area contributed by atoms with Gasteiger partial charge in [0.15, 0.2) is 0 Å². The molecule has 0 fully saturated rings. The second-order valence-corrected chi connectivity index (χ2v) is 4.68. The van der Waals surface area contributed by atoms with Crippen LogP contribution in [0.2, 0.25) is 0 Å². The van der Waals surface area contributed by atoms with Gasteiger partial charge in [-0.05, 0) is 12.1 Å². The van der Waals surface area contributed by atoms with Crippen LogP contribution in [0, 0.1) is 0 Å². The van der Waals surface area contributed by atoms with Crippen LogP contribution in [0.1, 0.15) is 10.5 Å². The van der Waals surface area contributed by atoms with E-state index in [1.165, 1.54) is 17.3 Å².